The normalized spacial score (nSPS) is 13.9. The molecular formula is C33H58N2. The molecule has 0 aromatic heterocycles. The van der Waals surface area contributed by atoms with Crippen molar-refractivity contribution in [1.29, 1.82) is 0 Å². The number of benzene rings is 1. The number of nitrogens with zero attached hydrogens (tertiary/aromatic N) is 2. The third-order valence-corrected chi connectivity index (χ3v) is 7.72. The van der Waals surface area contributed by atoms with E-state index in [4.69, 9.17) is 0 Å². The number of hydrogen-bond donors (Lipinski definition) is 0. The zero-order valence-electron chi connectivity index (χ0n) is 23.6. The summed E-state index contributed by atoms with van der Waals surface area (Å²) in [5.74, 6) is 0. The lowest BCUT2D eigenvalue weighted by atomic mass is 10.1. The lowest BCUT2D eigenvalue weighted by molar-refractivity contribution is 0.149. The van der Waals surface area contributed by atoms with Crippen molar-refractivity contribution in [3.05, 3.63) is 48.3 Å². The smallest absolute Gasteiger partial charge is 0.127 e. The van der Waals surface area contributed by atoms with Gasteiger partial charge in [0.2, 0.25) is 0 Å². The summed E-state index contributed by atoms with van der Waals surface area (Å²) in [5, 5.41) is 0. The molecule has 0 amide bonds. The molecule has 2 rings (SSSR count). The summed E-state index contributed by atoms with van der Waals surface area (Å²) in [4.78, 5) is 5.19. The molecule has 200 valence electrons. The SMILES string of the molecule is CCCCCCCCCCCCN1C=CN(CCCCCCCCCCCC)C1c1ccccc1. The molecule has 0 radical (unpaired) electrons. The van der Waals surface area contributed by atoms with E-state index in [0.29, 0.717) is 6.17 Å². The molecule has 0 unspecified atom stereocenters. The fourth-order valence-electron chi connectivity index (χ4n) is 5.49. The molecule has 1 aliphatic heterocycles. The Hall–Kier alpha value is -1.44. The molecule has 0 bridgehead atoms. The number of unbranched alkanes of at least 4 members (excludes halogenated alkanes) is 18. The van der Waals surface area contributed by atoms with E-state index in [1.54, 1.807) is 0 Å². The Morgan fingerprint density at radius 3 is 1.17 bits per heavy atom. The van der Waals surface area contributed by atoms with E-state index in [1.165, 1.54) is 147 Å². The van der Waals surface area contributed by atoms with Crippen LogP contribution in [0.15, 0.2) is 42.7 Å². The molecule has 1 aromatic rings. The van der Waals surface area contributed by atoms with Crippen LogP contribution in [0.3, 0.4) is 0 Å². The third-order valence-electron chi connectivity index (χ3n) is 7.72. The van der Waals surface area contributed by atoms with Crippen LogP contribution < -0.4 is 0 Å². The van der Waals surface area contributed by atoms with Crippen molar-refractivity contribution in [2.24, 2.45) is 0 Å². The van der Waals surface area contributed by atoms with Gasteiger partial charge in [0, 0.05) is 25.5 Å². The minimum absolute atomic E-state index is 0.397. The highest BCUT2D eigenvalue weighted by Crippen LogP contribution is 2.31. The van der Waals surface area contributed by atoms with Crippen LogP contribution in [0.25, 0.3) is 0 Å². The quantitative estimate of drug-likeness (QED) is 0.143. The predicted octanol–water partition coefficient (Wildman–Crippen LogP) is 10.6. The molecule has 0 saturated carbocycles. The van der Waals surface area contributed by atoms with Gasteiger partial charge in [0.15, 0.2) is 0 Å². The first-order chi connectivity index (χ1) is 17.4. The van der Waals surface area contributed by atoms with Crippen LogP contribution in [0.4, 0.5) is 0 Å². The van der Waals surface area contributed by atoms with Gasteiger partial charge in [0.25, 0.3) is 0 Å². The van der Waals surface area contributed by atoms with E-state index in [-0.39, 0.29) is 0 Å². The van der Waals surface area contributed by atoms with Gasteiger partial charge in [-0.1, -0.05) is 160 Å². The summed E-state index contributed by atoms with van der Waals surface area (Å²) >= 11 is 0. The van der Waals surface area contributed by atoms with Crippen LogP contribution in [0.1, 0.15) is 154 Å². The molecule has 2 heteroatoms. The topological polar surface area (TPSA) is 6.48 Å². The highest BCUT2D eigenvalue weighted by Gasteiger charge is 2.26. The van der Waals surface area contributed by atoms with E-state index in [9.17, 15) is 0 Å². The maximum absolute atomic E-state index is 2.59. The van der Waals surface area contributed by atoms with E-state index >= 15 is 0 Å². The first-order valence-corrected chi connectivity index (χ1v) is 15.6. The summed E-state index contributed by atoms with van der Waals surface area (Å²) < 4.78 is 0. The largest absolute Gasteiger partial charge is 0.352 e. The minimum Gasteiger partial charge on any atom is -0.352 e. The standard InChI is InChI=1S/C33H58N2/c1-3-5-7-9-11-13-15-17-19-24-28-34-30-31-35(33(34)32-26-22-21-23-27-32)29-25-20-18-16-14-12-10-8-6-4-2/h21-23,26-27,30-31,33H,3-20,24-25,28-29H2,1-2H3. The van der Waals surface area contributed by atoms with Crippen molar-refractivity contribution in [3.63, 3.8) is 0 Å². The van der Waals surface area contributed by atoms with Gasteiger partial charge in [-0.2, -0.15) is 0 Å². The highest BCUT2D eigenvalue weighted by molar-refractivity contribution is 5.21. The van der Waals surface area contributed by atoms with Gasteiger partial charge in [0.05, 0.1) is 0 Å². The Bertz CT molecular complexity index is 577. The lowest BCUT2D eigenvalue weighted by Gasteiger charge is -2.33. The van der Waals surface area contributed by atoms with E-state index in [1.807, 2.05) is 0 Å². The molecule has 1 heterocycles. The van der Waals surface area contributed by atoms with Gasteiger partial charge in [-0.25, -0.2) is 0 Å². The van der Waals surface area contributed by atoms with Crippen molar-refractivity contribution in [2.45, 2.75) is 148 Å². The molecule has 0 atom stereocenters. The van der Waals surface area contributed by atoms with Crippen molar-refractivity contribution >= 4 is 0 Å². The molecule has 35 heavy (non-hydrogen) atoms. The zero-order chi connectivity index (χ0) is 24.8. The van der Waals surface area contributed by atoms with Crippen LogP contribution >= 0.6 is 0 Å². The first kappa shape index (κ1) is 29.8. The monoisotopic (exact) mass is 482 g/mol. The molecule has 0 aliphatic carbocycles. The maximum atomic E-state index is 2.59. The maximum Gasteiger partial charge on any atom is 0.127 e. The third kappa shape index (κ3) is 13.4. The fourth-order valence-corrected chi connectivity index (χ4v) is 5.49. The molecule has 0 N–H and O–H groups in total. The Balaban J connectivity index is 1.62. The zero-order valence-corrected chi connectivity index (χ0v) is 23.6. The molecule has 2 nitrogen and oxygen atoms in total. The average Bonchev–Trinajstić information content (AvgIpc) is 3.29. The minimum atomic E-state index is 0.397. The van der Waals surface area contributed by atoms with Crippen molar-refractivity contribution in [2.75, 3.05) is 13.1 Å². The van der Waals surface area contributed by atoms with Gasteiger partial charge in [0.1, 0.15) is 6.17 Å². The number of hydrogen-bond acceptors (Lipinski definition) is 2. The second-order valence-corrected chi connectivity index (χ2v) is 10.9. The first-order valence-electron chi connectivity index (χ1n) is 15.6. The summed E-state index contributed by atoms with van der Waals surface area (Å²) in [6, 6.07) is 11.2. The van der Waals surface area contributed by atoms with Crippen LogP contribution in [0.2, 0.25) is 0 Å². The number of rotatable bonds is 23. The molecule has 0 saturated heterocycles. The molecule has 0 spiro atoms. The van der Waals surface area contributed by atoms with E-state index in [0.717, 1.165) is 0 Å². The summed E-state index contributed by atoms with van der Waals surface area (Å²) in [6.07, 6.45) is 33.2. The van der Waals surface area contributed by atoms with Gasteiger partial charge in [-0.05, 0) is 18.4 Å². The Labute approximate surface area is 219 Å². The summed E-state index contributed by atoms with van der Waals surface area (Å²) in [6.45, 7) is 6.96. The molecule has 0 fully saturated rings. The van der Waals surface area contributed by atoms with Crippen molar-refractivity contribution < 1.29 is 0 Å². The van der Waals surface area contributed by atoms with Gasteiger partial charge in [-0.3, -0.25) is 0 Å². The Morgan fingerprint density at radius 2 is 0.800 bits per heavy atom. The molecular weight excluding hydrogens is 424 g/mol. The van der Waals surface area contributed by atoms with Crippen LogP contribution in [-0.2, 0) is 0 Å². The summed E-state index contributed by atoms with van der Waals surface area (Å²) in [5.41, 5.74) is 1.44. The van der Waals surface area contributed by atoms with Crippen molar-refractivity contribution in [1.82, 2.24) is 9.80 Å². The average molecular weight is 483 g/mol. The second-order valence-electron chi connectivity index (χ2n) is 10.9. The van der Waals surface area contributed by atoms with Crippen LogP contribution in [-0.4, -0.2) is 22.9 Å². The highest BCUT2D eigenvalue weighted by atomic mass is 15.4. The van der Waals surface area contributed by atoms with Gasteiger partial charge in [-0.15, -0.1) is 0 Å². The van der Waals surface area contributed by atoms with Gasteiger partial charge >= 0.3 is 0 Å². The van der Waals surface area contributed by atoms with Gasteiger partial charge < -0.3 is 9.80 Å². The Kier molecular flexibility index (Phi) is 17.6. The Morgan fingerprint density at radius 1 is 0.457 bits per heavy atom. The van der Waals surface area contributed by atoms with E-state index < -0.39 is 0 Å². The predicted molar refractivity (Wildman–Crippen MR) is 155 cm³/mol. The summed E-state index contributed by atoms with van der Waals surface area (Å²) in [7, 11) is 0. The molecule has 1 aromatic carbocycles. The lowest BCUT2D eigenvalue weighted by Crippen LogP contribution is -2.32. The fraction of sp³-hybridized carbons (Fsp3) is 0.758. The van der Waals surface area contributed by atoms with Crippen LogP contribution in [0.5, 0.6) is 0 Å². The van der Waals surface area contributed by atoms with Crippen LogP contribution in [0, 0.1) is 0 Å². The van der Waals surface area contributed by atoms with Crippen molar-refractivity contribution in [3.8, 4) is 0 Å². The molecule has 1 aliphatic rings. The second kappa shape index (κ2) is 20.7. The van der Waals surface area contributed by atoms with E-state index in [2.05, 4.69) is 66.4 Å².